The van der Waals surface area contributed by atoms with E-state index < -0.39 is 17.5 Å². The molecule has 2 atom stereocenters. The number of ether oxygens (including phenoxy) is 2. The van der Waals surface area contributed by atoms with E-state index in [1.54, 1.807) is 13.0 Å². The number of hydrogen-bond acceptors (Lipinski definition) is 4. The SMILES string of the molecule is C=C[C@@H](c1ccc(C)cc1)[C@]1(C(=O)OCC)OCCC1=O. The Balaban J connectivity index is 2.48. The van der Waals surface area contributed by atoms with Gasteiger partial charge in [-0.05, 0) is 19.4 Å². The van der Waals surface area contributed by atoms with Gasteiger partial charge in [0, 0.05) is 12.3 Å². The highest BCUT2D eigenvalue weighted by molar-refractivity contribution is 6.10. The average molecular weight is 288 g/mol. The molecular weight excluding hydrogens is 268 g/mol. The van der Waals surface area contributed by atoms with Crippen molar-refractivity contribution in [3.05, 3.63) is 48.0 Å². The molecule has 1 aliphatic heterocycles. The standard InChI is InChI=1S/C17H20O4/c1-4-14(13-8-6-12(3)7-9-13)17(16(19)20-5-2)15(18)10-11-21-17/h4,6-9,14H,1,5,10-11H2,2-3H3/t14-,17-/m0/s1. The number of esters is 1. The number of ketones is 1. The quantitative estimate of drug-likeness (QED) is 0.475. The Kier molecular flexibility index (Phi) is 4.58. The Bertz CT molecular complexity index is 546. The minimum atomic E-state index is -1.59. The van der Waals surface area contributed by atoms with Crippen molar-refractivity contribution in [1.82, 2.24) is 0 Å². The van der Waals surface area contributed by atoms with Gasteiger partial charge in [-0.25, -0.2) is 4.79 Å². The van der Waals surface area contributed by atoms with Gasteiger partial charge in [-0.1, -0.05) is 35.9 Å². The summed E-state index contributed by atoms with van der Waals surface area (Å²) < 4.78 is 10.7. The van der Waals surface area contributed by atoms with Crippen LogP contribution in [0.15, 0.2) is 36.9 Å². The number of carbonyl (C=O) groups is 2. The van der Waals surface area contributed by atoms with Crippen molar-refractivity contribution in [3.63, 3.8) is 0 Å². The first-order chi connectivity index (χ1) is 10.1. The van der Waals surface area contributed by atoms with E-state index in [0.29, 0.717) is 0 Å². The maximum absolute atomic E-state index is 12.4. The topological polar surface area (TPSA) is 52.6 Å². The van der Waals surface area contributed by atoms with E-state index >= 15 is 0 Å². The summed E-state index contributed by atoms with van der Waals surface area (Å²) >= 11 is 0. The molecule has 1 aromatic carbocycles. The second kappa shape index (κ2) is 6.22. The molecule has 1 aliphatic rings. The second-order valence-electron chi connectivity index (χ2n) is 5.10. The summed E-state index contributed by atoms with van der Waals surface area (Å²) in [6, 6.07) is 7.64. The van der Waals surface area contributed by atoms with Crippen molar-refractivity contribution in [2.45, 2.75) is 31.8 Å². The Morgan fingerprint density at radius 1 is 1.48 bits per heavy atom. The highest BCUT2D eigenvalue weighted by Crippen LogP contribution is 2.39. The van der Waals surface area contributed by atoms with E-state index in [2.05, 4.69) is 6.58 Å². The van der Waals surface area contributed by atoms with E-state index in [-0.39, 0.29) is 25.4 Å². The predicted molar refractivity (Wildman–Crippen MR) is 79.1 cm³/mol. The molecule has 0 bridgehead atoms. The van der Waals surface area contributed by atoms with Gasteiger partial charge in [0.05, 0.1) is 13.2 Å². The van der Waals surface area contributed by atoms with Gasteiger partial charge >= 0.3 is 5.97 Å². The van der Waals surface area contributed by atoms with E-state index in [9.17, 15) is 9.59 Å². The fourth-order valence-electron chi connectivity index (χ4n) is 2.68. The van der Waals surface area contributed by atoms with Crippen molar-refractivity contribution in [3.8, 4) is 0 Å². The Morgan fingerprint density at radius 3 is 2.62 bits per heavy atom. The first-order valence-corrected chi connectivity index (χ1v) is 7.09. The Morgan fingerprint density at radius 2 is 2.14 bits per heavy atom. The third-order valence-corrected chi connectivity index (χ3v) is 3.76. The third-order valence-electron chi connectivity index (χ3n) is 3.76. The zero-order valence-electron chi connectivity index (χ0n) is 12.4. The normalized spacial score (nSPS) is 22.9. The molecule has 1 fully saturated rings. The summed E-state index contributed by atoms with van der Waals surface area (Å²) in [5.41, 5.74) is 0.330. The fraction of sp³-hybridized carbons (Fsp3) is 0.412. The maximum Gasteiger partial charge on any atom is 0.347 e. The zero-order valence-corrected chi connectivity index (χ0v) is 12.4. The van der Waals surface area contributed by atoms with Crippen LogP contribution >= 0.6 is 0 Å². The molecule has 0 aromatic heterocycles. The molecule has 0 aliphatic carbocycles. The first-order valence-electron chi connectivity index (χ1n) is 7.09. The highest BCUT2D eigenvalue weighted by Gasteiger charge is 2.56. The molecule has 0 spiro atoms. The maximum atomic E-state index is 12.4. The van der Waals surface area contributed by atoms with Crippen molar-refractivity contribution >= 4 is 11.8 Å². The van der Waals surface area contributed by atoms with E-state index in [1.165, 1.54) is 0 Å². The van der Waals surface area contributed by atoms with Crippen LogP contribution in [0.2, 0.25) is 0 Å². The van der Waals surface area contributed by atoms with Gasteiger partial charge in [-0.3, -0.25) is 4.79 Å². The van der Waals surface area contributed by atoms with Crippen LogP contribution in [-0.2, 0) is 19.1 Å². The first kappa shape index (κ1) is 15.4. The lowest BCUT2D eigenvalue weighted by atomic mass is 9.79. The van der Waals surface area contributed by atoms with Gasteiger partial charge in [-0.2, -0.15) is 0 Å². The summed E-state index contributed by atoms with van der Waals surface area (Å²) in [6.07, 6.45) is 1.81. The molecule has 2 rings (SSSR count). The van der Waals surface area contributed by atoms with Crippen LogP contribution in [0.25, 0.3) is 0 Å². The van der Waals surface area contributed by atoms with E-state index in [4.69, 9.17) is 9.47 Å². The molecule has 0 unspecified atom stereocenters. The van der Waals surface area contributed by atoms with Crippen LogP contribution in [0.5, 0.6) is 0 Å². The fourth-order valence-corrected chi connectivity index (χ4v) is 2.68. The van der Waals surface area contributed by atoms with Gasteiger partial charge in [-0.15, -0.1) is 6.58 Å². The van der Waals surface area contributed by atoms with E-state index in [0.717, 1.165) is 11.1 Å². The summed E-state index contributed by atoms with van der Waals surface area (Å²) in [4.78, 5) is 24.8. The molecule has 1 heterocycles. The van der Waals surface area contributed by atoms with Crippen LogP contribution in [0.4, 0.5) is 0 Å². The van der Waals surface area contributed by atoms with Crippen LogP contribution in [-0.4, -0.2) is 30.6 Å². The third kappa shape index (κ3) is 2.63. The van der Waals surface area contributed by atoms with Gasteiger partial charge in [0.15, 0.2) is 5.78 Å². The van der Waals surface area contributed by atoms with Gasteiger partial charge in [0.25, 0.3) is 0 Å². The predicted octanol–water partition coefficient (Wildman–Crippen LogP) is 2.56. The lowest BCUT2D eigenvalue weighted by Crippen LogP contribution is -2.50. The zero-order chi connectivity index (χ0) is 15.5. The lowest BCUT2D eigenvalue weighted by molar-refractivity contribution is -0.171. The van der Waals surface area contributed by atoms with Crippen LogP contribution < -0.4 is 0 Å². The largest absolute Gasteiger partial charge is 0.463 e. The molecular formula is C17H20O4. The lowest BCUT2D eigenvalue weighted by Gasteiger charge is -2.31. The Labute approximate surface area is 124 Å². The van der Waals surface area contributed by atoms with Gasteiger partial charge in [0.1, 0.15) is 0 Å². The number of hydrogen-bond donors (Lipinski definition) is 0. The molecule has 4 nitrogen and oxygen atoms in total. The molecule has 21 heavy (non-hydrogen) atoms. The van der Waals surface area contributed by atoms with Gasteiger partial charge < -0.3 is 9.47 Å². The van der Waals surface area contributed by atoms with Crippen molar-refractivity contribution < 1.29 is 19.1 Å². The molecule has 1 saturated heterocycles. The average Bonchev–Trinajstić information content (AvgIpc) is 2.85. The molecule has 0 amide bonds. The van der Waals surface area contributed by atoms with Crippen molar-refractivity contribution in [2.75, 3.05) is 13.2 Å². The monoisotopic (exact) mass is 288 g/mol. The second-order valence-corrected chi connectivity index (χ2v) is 5.10. The summed E-state index contributed by atoms with van der Waals surface area (Å²) in [5, 5.41) is 0. The highest BCUT2D eigenvalue weighted by atomic mass is 16.6. The molecule has 112 valence electrons. The number of benzene rings is 1. The smallest absolute Gasteiger partial charge is 0.347 e. The minimum absolute atomic E-state index is 0.203. The van der Waals surface area contributed by atoms with Gasteiger partial charge in [0.2, 0.25) is 5.60 Å². The summed E-state index contributed by atoms with van der Waals surface area (Å²) in [6.45, 7) is 7.91. The number of rotatable bonds is 5. The minimum Gasteiger partial charge on any atom is -0.463 e. The van der Waals surface area contributed by atoms with Crippen LogP contribution in [0.1, 0.15) is 30.4 Å². The van der Waals surface area contributed by atoms with Crippen LogP contribution in [0, 0.1) is 6.92 Å². The van der Waals surface area contributed by atoms with Crippen LogP contribution in [0.3, 0.4) is 0 Å². The summed E-state index contributed by atoms with van der Waals surface area (Å²) in [7, 11) is 0. The number of carbonyl (C=O) groups excluding carboxylic acids is 2. The number of Topliss-reactive ketones (excluding diaryl/α,β-unsaturated/α-hetero) is 1. The van der Waals surface area contributed by atoms with E-state index in [1.807, 2.05) is 31.2 Å². The molecule has 4 heteroatoms. The van der Waals surface area contributed by atoms with Crippen molar-refractivity contribution in [1.29, 1.82) is 0 Å². The summed E-state index contributed by atoms with van der Waals surface area (Å²) in [5.74, 6) is -1.42. The molecule has 0 radical (unpaired) electrons. The molecule has 0 N–H and O–H groups in total. The molecule has 1 aromatic rings. The molecule has 0 saturated carbocycles. The Hall–Kier alpha value is -1.94. The number of aryl methyl sites for hydroxylation is 1. The van der Waals surface area contributed by atoms with Crippen molar-refractivity contribution in [2.24, 2.45) is 0 Å².